The van der Waals surface area contributed by atoms with Gasteiger partial charge in [-0.3, -0.25) is 10.2 Å². The lowest BCUT2D eigenvalue weighted by Gasteiger charge is -2.10. The molecule has 9 heteroatoms. The Balaban J connectivity index is 1.72. The highest BCUT2D eigenvalue weighted by Crippen LogP contribution is 2.14. The van der Waals surface area contributed by atoms with E-state index in [4.69, 9.17) is 21.1 Å². The van der Waals surface area contributed by atoms with Crippen molar-refractivity contribution in [1.82, 2.24) is 10.9 Å². The first-order chi connectivity index (χ1) is 13.0. The highest BCUT2D eigenvalue weighted by molar-refractivity contribution is 6.30. The number of amides is 3. The van der Waals surface area contributed by atoms with Gasteiger partial charge in [0.1, 0.15) is 5.75 Å². The van der Waals surface area contributed by atoms with Gasteiger partial charge in [-0.2, -0.15) is 0 Å². The molecule has 0 fully saturated rings. The van der Waals surface area contributed by atoms with E-state index < -0.39 is 17.9 Å². The number of hydrazine groups is 1. The fourth-order valence-corrected chi connectivity index (χ4v) is 2.13. The number of hydrogen-bond donors (Lipinski definition) is 3. The molecule has 3 N–H and O–H groups in total. The van der Waals surface area contributed by atoms with Crippen molar-refractivity contribution in [1.29, 1.82) is 0 Å². The molecule has 0 aliphatic carbocycles. The molecule has 0 saturated heterocycles. The molecule has 0 unspecified atom stereocenters. The maximum atomic E-state index is 11.7. The van der Waals surface area contributed by atoms with Gasteiger partial charge in [-0.25, -0.2) is 15.0 Å². The molecular formula is C18H18ClN3O5. The summed E-state index contributed by atoms with van der Waals surface area (Å²) < 4.78 is 10.1. The van der Waals surface area contributed by atoms with Crippen molar-refractivity contribution in [3.8, 4) is 5.75 Å². The van der Waals surface area contributed by atoms with E-state index in [1.165, 1.54) is 12.1 Å². The molecule has 0 aliphatic rings. The van der Waals surface area contributed by atoms with E-state index in [1.54, 1.807) is 43.3 Å². The Kier molecular flexibility index (Phi) is 7.45. The molecule has 2 rings (SSSR count). The van der Waals surface area contributed by atoms with E-state index in [-0.39, 0.29) is 13.2 Å². The number of carbonyl (C=O) groups is 3. The van der Waals surface area contributed by atoms with E-state index in [1.807, 2.05) is 0 Å². The molecule has 0 heterocycles. The topological polar surface area (TPSA) is 106 Å². The number of halogens is 1. The van der Waals surface area contributed by atoms with Crippen molar-refractivity contribution >= 4 is 35.2 Å². The lowest BCUT2D eigenvalue weighted by atomic mass is 10.2. The fraction of sp³-hybridized carbons (Fsp3) is 0.167. The third kappa shape index (κ3) is 6.87. The second-order valence-electron chi connectivity index (χ2n) is 5.17. The Morgan fingerprint density at radius 2 is 1.78 bits per heavy atom. The average Bonchev–Trinajstić information content (AvgIpc) is 2.65. The molecule has 0 saturated carbocycles. The summed E-state index contributed by atoms with van der Waals surface area (Å²) in [5, 5.41) is 2.98. The molecule has 0 radical (unpaired) electrons. The van der Waals surface area contributed by atoms with Crippen LogP contribution in [-0.4, -0.2) is 31.1 Å². The maximum absolute atomic E-state index is 11.7. The SMILES string of the molecule is CCOC(=O)c1ccc(OCC(=O)NNC(=O)Nc2cccc(Cl)c2)cc1. The first kappa shape index (κ1) is 20.1. The summed E-state index contributed by atoms with van der Waals surface area (Å²) in [5.41, 5.74) is 5.25. The van der Waals surface area contributed by atoms with E-state index in [0.717, 1.165) is 0 Å². The van der Waals surface area contributed by atoms with Gasteiger partial charge in [0.05, 0.1) is 12.2 Å². The molecular weight excluding hydrogens is 374 g/mol. The number of benzene rings is 2. The Hall–Kier alpha value is -3.26. The Morgan fingerprint density at radius 1 is 1.04 bits per heavy atom. The van der Waals surface area contributed by atoms with Gasteiger partial charge in [0.15, 0.2) is 6.61 Å². The third-order valence-corrected chi connectivity index (χ3v) is 3.37. The normalized spacial score (nSPS) is 9.85. The van der Waals surface area contributed by atoms with Crippen LogP contribution in [0.1, 0.15) is 17.3 Å². The van der Waals surface area contributed by atoms with Gasteiger partial charge < -0.3 is 14.8 Å². The Labute approximate surface area is 160 Å². The number of carbonyl (C=O) groups excluding carboxylic acids is 3. The number of anilines is 1. The fourth-order valence-electron chi connectivity index (χ4n) is 1.94. The van der Waals surface area contributed by atoms with Crippen molar-refractivity contribution in [3.05, 3.63) is 59.1 Å². The zero-order chi connectivity index (χ0) is 19.6. The Bertz CT molecular complexity index is 811. The first-order valence-corrected chi connectivity index (χ1v) is 8.37. The molecule has 0 bridgehead atoms. The van der Waals surface area contributed by atoms with Crippen molar-refractivity contribution in [2.45, 2.75) is 6.92 Å². The van der Waals surface area contributed by atoms with Crippen LogP contribution in [-0.2, 0) is 9.53 Å². The van der Waals surface area contributed by atoms with E-state index in [9.17, 15) is 14.4 Å². The summed E-state index contributed by atoms with van der Waals surface area (Å²) in [6, 6.07) is 12.1. The minimum absolute atomic E-state index is 0.287. The molecule has 3 amide bonds. The molecule has 142 valence electrons. The summed E-state index contributed by atoms with van der Waals surface area (Å²) in [6.45, 7) is 1.68. The smallest absolute Gasteiger partial charge is 0.338 e. The van der Waals surface area contributed by atoms with Crippen LogP contribution in [0.4, 0.5) is 10.5 Å². The monoisotopic (exact) mass is 391 g/mol. The second kappa shape index (κ2) is 10.0. The van der Waals surface area contributed by atoms with Crippen molar-refractivity contribution in [3.63, 3.8) is 0 Å². The number of hydrogen-bond acceptors (Lipinski definition) is 5. The maximum Gasteiger partial charge on any atom is 0.338 e. The van der Waals surface area contributed by atoms with Crippen LogP contribution in [0.15, 0.2) is 48.5 Å². The molecule has 0 aromatic heterocycles. The standard InChI is InChI=1S/C18H18ClN3O5/c1-2-26-17(24)12-6-8-15(9-7-12)27-11-16(23)21-22-18(25)20-14-5-3-4-13(19)10-14/h3-10H,2,11H2,1H3,(H,21,23)(H2,20,22,25). The van der Waals surface area contributed by atoms with E-state index in [0.29, 0.717) is 22.0 Å². The van der Waals surface area contributed by atoms with Crippen LogP contribution in [0, 0.1) is 0 Å². The van der Waals surface area contributed by atoms with Crippen molar-refractivity contribution < 1.29 is 23.9 Å². The van der Waals surface area contributed by atoms with E-state index in [2.05, 4.69) is 16.2 Å². The van der Waals surface area contributed by atoms with Crippen LogP contribution < -0.4 is 20.9 Å². The summed E-state index contributed by atoms with van der Waals surface area (Å²) in [4.78, 5) is 34.9. The summed E-state index contributed by atoms with van der Waals surface area (Å²) in [5.74, 6) is -0.607. The zero-order valence-electron chi connectivity index (χ0n) is 14.5. The quantitative estimate of drug-likeness (QED) is 0.518. The number of ether oxygens (including phenoxy) is 2. The lowest BCUT2D eigenvalue weighted by molar-refractivity contribution is -0.123. The van der Waals surface area contributed by atoms with Crippen LogP contribution in [0.3, 0.4) is 0 Å². The third-order valence-electron chi connectivity index (χ3n) is 3.13. The summed E-state index contributed by atoms with van der Waals surface area (Å²) >= 11 is 5.81. The van der Waals surface area contributed by atoms with Crippen LogP contribution in [0.5, 0.6) is 5.75 Å². The van der Waals surface area contributed by atoms with Gasteiger partial charge in [-0.1, -0.05) is 17.7 Å². The van der Waals surface area contributed by atoms with Crippen LogP contribution in [0.2, 0.25) is 5.02 Å². The number of urea groups is 1. The predicted molar refractivity (Wildman–Crippen MR) is 99.6 cm³/mol. The van der Waals surface area contributed by atoms with Gasteiger partial charge in [-0.15, -0.1) is 0 Å². The summed E-state index contributed by atoms with van der Waals surface area (Å²) in [6.07, 6.45) is 0. The van der Waals surface area contributed by atoms with Crippen molar-refractivity contribution in [2.24, 2.45) is 0 Å². The second-order valence-corrected chi connectivity index (χ2v) is 5.61. The summed E-state index contributed by atoms with van der Waals surface area (Å²) in [7, 11) is 0. The number of nitrogens with one attached hydrogen (secondary N) is 3. The van der Waals surface area contributed by atoms with Gasteiger partial charge in [0.25, 0.3) is 5.91 Å². The van der Waals surface area contributed by atoms with Gasteiger partial charge in [0.2, 0.25) is 0 Å². The van der Waals surface area contributed by atoms with Crippen LogP contribution >= 0.6 is 11.6 Å². The van der Waals surface area contributed by atoms with E-state index >= 15 is 0 Å². The average molecular weight is 392 g/mol. The molecule has 0 spiro atoms. The van der Waals surface area contributed by atoms with Gasteiger partial charge in [0, 0.05) is 10.7 Å². The number of rotatable bonds is 6. The lowest BCUT2D eigenvalue weighted by Crippen LogP contribution is -2.45. The molecule has 0 aliphatic heterocycles. The van der Waals surface area contributed by atoms with Gasteiger partial charge >= 0.3 is 12.0 Å². The highest BCUT2D eigenvalue weighted by Gasteiger charge is 2.08. The minimum Gasteiger partial charge on any atom is -0.484 e. The molecule has 2 aromatic carbocycles. The van der Waals surface area contributed by atoms with Crippen molar-refractivity contribution in [2.75, 3.05) is 18.5 Å². The molecule has 8 nitrogen and oxygen atoms in total. The molecule has 27 heavy (non-hydrogen) atoms. The highest BCUT2D eigenvalue weighted by atomic mass is 35.5. The number of esters is 1. The zero-order valence-corrected chi connectivity index (χ0v) is 15.2. The van der Waals surface area contributed by atoms with Gasteiger partial charge in [-0.05, 0) is 49.4 Å². The predicted octanol–water partition coefficient (Wildman–Crippen LogP) is 2.75. The molecule has 0 atom stereocenters. The first-order valence-electron chi connectivity index (χ1n) is 7.99. The molecule has 2 aromatic rings. The Morgan fingerprint density at radius 3 is 2.44 bits per heavy atom. The largest absolute Gasteiger partial charge is 0.484 e. The van der Waals surface area contributed by atoms with Crippen LogP contribution in [0.25, 0.3) is 0 Å². The minimum atomic E-state index is -0.635.